The molecule has 0 amide bonds. The summed E-state index contributed by atoms with van der Waals surface area (Å²) in [4.78, 5) is 13.6. The molecule has 21 heavy (non-hydrogen) atoms. The summed E-state index contributed by atoms with van der Waals surface area (Å²) in [5.74, 6) is 0.844. The Balaban J connectivity index is 2.06. The van der Waals surface area contributed by atoms with Gasteiger partial charge in [-0.05, 0) is 48.4 Å². The Morgan fingerprint density at radius 2 is 1.86 bits per heavy atom. The van der Waals surface area contributed by atoms with Crippen molar-refractivity contribution in [3.8, 4) is 17.0 Å². The van der Waals surface area contributed by atoms with Crippen molar-refractivity contribution in [2.24, 2.45) is 0 Å². The molecule has 3 rings (SSSR count). The van der Waals surface area contributed by atoms with Crippen molar-refractivity contribution in [3.05, 3.63) is 58.1 Å². The van der Waals surface area contributed by atoms with E-state index in [1.54, 1.807) is 19.2 Å². The van der Waals surface area contributed by atoms with Gasteiger partial charge in [0.05, 0.1) is 12.0 Å². The molecule has 0 radical (unpaired) electrons. The number of H-pyrrole nitrogens is 1. The van der Waals surface area contributed by atoms with Crippen LogP contribution in [0.15, 0.2) is 42.5 Å². The molecule has 0 aliphatic heterocycles. The van der Waals surface area contributed by atoms with E-state index in [1.165, 1.54) is 12.1 Å². The van der Waals surface area contributed by atoms with Crippen LogP contribution in [0.25, 0.3) is 22.2 Å². The van der Waals surface area contributed by atoms with Crippen LogP contribution in [0.5, 0.6) is 5.75 Å². The fourth-order valence-electron chi connectivity index (χ4n) is 2.41. The molecule has 106 valence electrons. The number of aromatic nitrogens is 1. The molecule has 0 saturated carbocycles. The molecule has 0 atom stereocenters. The van der Waals surface area contributed by atoms with Gasteiger partial charge in [0.25, 0.3) is 5.69 Å². The maximum atomic E-state index is 10.7. The Bertz CT molecular complexity index is 819. The first kappa shape index (κ1) is 13.2. The minimum Gasteiger partial charge on any atom is -0.496 e. The maximum absolute atomic E-state index is 10.7. The van der Waals surface area contributed by atoms with Crippen molar-refractivity contribution in [3.63, 3.8) is 0 Å². The summed E-state index contributed by atoms with van der Waals surface area (Å²) < 4.78 is 5.32. The van der Waals surface area contributed by atoms with Crippen LogP contribution in [0.2, 0.25) is 0 Å². The summed E-state index contributed by atoms with van der Waals surface area (Å²) in [6.07, 6.45) is 0. The van der Waals surface area contributed by atoms with E-state index < -0.39 is 4.92 Å². The molecule has 1 heterocycles. The van der Waals surface area contributed by atoms with Crippen molar-refractivity contribution in [1.29, 1.82) is 0 Å². The van der Waals surface area contributed by atoms with E-state index in [4.69, 9.17) is 4.74 Å². The molecule has 0 bridgehead atoms. The number of nitro groups is 1. The molecule has 3 aromatic rings. The van der Waals surface area contributed by atoms with Gasteiger partial charge in [0.15, 0.2) is 0 Å². The van der Waals surface area contributed by atoms with Gasteiger partial charge in [-0.15, -0.1) is 0 Å². The quantitative estimate of drug-likeness (QED) is 0.581. The topological polar surface area (TPSA) is 68.2 Å². The van der Waals surface area contributed by atoms with E-state index in [1.807, 2.05) is 25.1 Å². The Hall–Kier alpha value is -2.82. The Labute approximate surface area is 121 Å². The number of rotatable bonds is 3. The Morgan fingerprint density at radius 1 is 1.14 bits per heavy atom. The lowest BCUT2D eigenvalue weighted by Crippen LogP contribution is -1.87. The van der Waals surface area contributed by atoms with Crippen molar-refractivity contribution >= 4 is 16.6 Å². The molecule has 2 aromatic carbocycles. The minimum atomic E-state index is -0.400. The maximum Gasteiger partial charge on any atom is 0.269 e. The zero-order chi connectivity index (χ0) is 15.0. The number of aromatic amines is 1. The summed E-state index contributed by atoms with van der Waals surface area (Å²) in [5.41, 5.74) is 4.00. The highest BCUT2D eigenvalue weighted by atomic mass is 16.6. The van der Waals surface area contributed by atoms with E-state index in [-0.39, 0.29) is 5.69 Å². The summed E-state index contributed by atoms with van der Waals surface area (Å²) >= 11 is 0. The van der Waals surface area contributed by atoms with Crippen molar-refractivity contribution < 1.29 is 9.66 Å². The number of fused-ring (bicyclic) bond motifs is 1. The lowest BCUT2D eigenvalue weighted by atomic mass is 10.1. The summed E-state index contributed by atoms with van der Waals surface area (Å²) in [5, 5.41) is 11.7. The minimum absolute atomic E-state index is 0.0902. The van der Waals surface area contributed by atoms with Crippen LogP contribution < -0.4 is 4.74 Å². The van der Waals surface area contributed by atoms with E-state index in [0.29, 0.717) is 0 Å². The van der Waals surface area contributed by atoms with Crippen LogP contribution in [-0.4, -0.2) is 17.0 Å². The number of nitrogens with one attached hydrogen (secondary N) is 1. The smallest absolute Gasteiger partial charge is 0.269 e. The molecule has 0 spiro atoms. The van der Waals surface area contributed by atoms with Crippen LogP contribution in [0.1, 0.15) is 5.56 Å². The summed E-state index contributed by atoms with van der Waals surface area (Å²) in [6, 6.07) is 12.5. The number of hydrogen-bond acceptors (Lipinski definition) is 3. The van der Waals surface area contributed by atoms with Crippen molar-refractivity contribution in [1.82, 2.24) is 4.98 Å². The first-order valence-electron chi connectivity index (χ1n) is 6.50. The van der Waals surface area contributed by atoms with E-state index in [9.17, 15) is 10.1 Å². The Morgan fingerprint density at radius 3 is 2.48 bits per heavy atom. The predicted molar refractivity (Wildman–Crippen MR) is 81.7 cm³/mol. The van der Waals surface area contributed by atoms with Gasteiger partial charge in [-0.1, -0.05) is 0 Å². The standard InChI is InChI=1S/C16H14N2O3/c1-10-7-14-12(9-16(10)21-2)8-15(17-14)11-3-5-13(6-4-11)18(19)20/h3-9,17H,1-2H3. The number of methoxy groups -OCH3 is 1. The Kier molecular flexibility index (Phi) is 3.10. The number of nitro benzene ring substituents is 1. The average molecular weight is 282 g/mol. The van der Waals surface area contributed by atoms with Gasteiger partial charge in [-0.3, -0.25) is 10.1 Å². The van der Waals surface area contributed by atoms with E-state index in [0.717, 1.165) is 33.5 Å². The largest absolute Gasteiger partial charge is 0.496 e. The van der Waals surface area contributed by atoms with Crippen LogP contribution in [0.3, 0.4) is 0 Å². The molecule has 0 fully saturated rings. The first-order valence-corrected chi connectivity index (χ1v) is 6.50. The summed E-state index contributed by atoms with van der Waals surface area (Å²) in [7, 11) is 1.65. The van der Waals surface area contributed by atoms with Crippen LogP contribution in [0, 0.1) is 17.0 Å². The number of nitrogens with zero attached hydrogens (tertiary/aromatic N) is 1. The van der Waals surface area contributed by atoms with E-state index >= 15 is 0 Å². The van der Waals surface area contributed by atoms with Gasteiger partial charge < -0.3 is 9.72 Å². The van der Waals surface area contributed by atoms with Gasteiger partial charge >= 0.3 is 0 Å². The van der Waals surface area contributed by atoms with Crippen molar-refractivity contribution in [2.45, 2.75) is 6.92 Å². The fourth-order valence-corrected chi connectivity index (χ4v) is 2.41. The molecular weight excluding hydrogens is 268 g/mol. The zero-order valence-corrected chi connectivity index (χ0v) is 11.7. The molecule has 5 nitrogen and oxygen atoms in total. The molecule has 5 heteroatoms. The number of ether oxygens (including phenoxy) is 1. The summed E-state index contributed by atoms with van der Waals surface area (Å²) in [6.45, 7) is 1.99. The number of benzene rings is 2. The van der Waals surface area contributed by atoms with Gasteiger partial charge in [-0.25, -0.2) is 0 Å². The predicted octanol–water partition coefficient (Wildman–Crippen LogP) is 4.06. The lowest BCUT2D eigenvalue weighted by Gasteiger charge is -2.03. The lowest BCUT2D eigenvalue weighted by molar-refractivity contribution is -0.384. The normalized spacial score (nSPS) is 10.8. The van der Waals surface area contributed by atoms with Crippen molar-refractivity contribution in [2.75, 3.05) is 7.11 Å². The third kappa shape index (κ3) is 2.33. The first-order chi connectivity index (χ1) is 10.1. The second-order valence-electron chi connectivity index (χ2n) is 4.90. The fraction of sp³-hybridized carbons (Fsp3) is 0.125. The average Bonchev–Trinajstić information content (AvgIpc) is 2.89. The molecule has 0 aliphatic rings. The highest BCUT2D eigenvalue weighted by Gasteiger charge is 2.09. The van der Waals surface area contributed by atoms with Gasteiger partial charge in [0.1, 0.15) is 5.75 Å². The molecule has 0 saturated heterocycles. The van der Waals surface area contributed by atoms with Gasteiger partial charge in [-0.2, -0.15) is 0 Å². The third-order valence-electron chi connectivity index (χ3n) is 3.53. The highest BCUT2D eigenvalue weighted by molar-refractivity contribution is 5.87. The van der Waals surface area contributed by atoms with E-state index in [2.05, 4.69) is 4.98 Å². The third-order valence-corrected chi connectivity index (χ3v) is 3.53. The second kappa shape index (κ2) is 4.94. The molecule has 1 aromatic heterocycles. The molecule has 0 aliphatic carbocycles. The highest BCUT2D eigenvalue weighted by Crippen LogP contribution is 2.30. The number of hydrogen-bond donors (Lipinski definition) is 1. The zero-order valence-electron chi connectivity index (χ0n) is 11.7. The van der Waals surface area contributed by atoms with Crippen LogP contribution >= 0.6 is 0 Å². The van der Waals surface area contributed by atoms with Crippen LogP contribution in [-0.2, 0) is 0 Å². The SMILES string of the molecule is COc1cc2cc(-c3ccc([N+](=O)[O-])cc3)[nH]c2cc1C. The number of aryl methyl sites for hydroxylation is 1. The molecule has 1 N–H and O–H groups in total. The van der Waals surface area contributed by atoms with Gasteiger partial charge in [0.2, 0.25) is 0 Å². The molecular formula is C16H14N2O3. The monoisotopic (exact) mass is 282 g/mol. The van der Waals surface area contributed by atoms with Crippen LogP contribution in [0.4, 0.5) is 5.69 Å². The van der Waals surface area contributed by atoms with Gasteiger partial charge in [0, 0.05) is 28.7 Å². The second-order valence-corrected chi connectivity index (χ2v) is 4.90. The molecule has 0 unspecified atom stereocenters. The number of non-ortho nitro benzene ring substituents is 1.